The molecule has 0 spiro atoms. The van der Waals surface area contributed by atoms with Gasteiger partial charge in [-0.1, -0.05) is 12.1 Å². The largest absolute Gasteiger partial charge is 0.497 e. The maximum atomic E-state index is 11.1. The lowest BCUT2D eigenvalue weighted by Gasteiger charge is -2.20. The predicted molar refractivity (Wildman–Crippen MR) is 90.2 cm³/mol. The molecule has 2 rings (SSSR count). The van der Waals surface area contributed by atoms with Crippen molar-refractivity contribution in [3.05, 3.63) is 53.6 Å². The number of hydrogen-bond acceptors (Lipinski definition) is 5. The van der Waals surface area contributed by atoms with Crippen molar-refractivity contribution in [2.75, 3.05) is 20.8 Å². The maximum Gasteiger partial charge on any atom is 0.341 e. The Bertz CT molecular complexity index is 729. The molecule has 0 bridgehead atoms. The van der Waals surface area contributed by atoms with E-state index in [-0.39, 0.29) is 0 Å². The maximum absolute atomic E-state index is 11.1. The van der Waals surface area contributed by atoms with Gasteiger partial charge < -0.3 is 24.6 Å². The Morgan fingerprint density at radius 2 is 1.80 bits per heavy atom. The SMILES string of the molecule is COc1ccc([C@@H](NC=O)c2ccc(OCC(=O)O)cc2)c(OC)c1. The third kappa shape index (κ3) is 4.63. The van der Waals surface area contributed by atoms with Gasteiger partial charge in [-0.05, 0) is 29.8 Å². The van der Waals surface area contributed by atoms with Crippen LogP contribution in [0.2, 0.25) is 0 Å². The molecule has 0 fully saturated rings. The number of carboxylic acid groups (broad SMARTS) is 1. The normalized spacial score (nSPS) is 11.3. The molecule has 0 unspecified atom stereocenters. The topological polar surface area (TPSA) is 94.1 Å². The standard InChI is InChI=1S/C18H19NO6/c1-23-14-7-8-15(16(9-14)24-2)18(19-11-20)12-3-5-13(6-4-12)25-10-17(21)22/h3-9,11,18H,10H2,1-2H3,(H,19,20)(H,21,22)/t18-/m0/s1. The number of benzene rings is 2. The zero-order valence-electron chi connectivity index (χ0n) is 13.9. The van der Waals surface area contributed by atoms with Crippen molar-refractivity contribution in [2.24, 2.45) is 0 Å². The van der Waals surface area contributed by atoms with Crippen LogP contribution in [0.4, 0.5) is 0 Å². The van der Waals surface area contributed by atoms with Gasteiger partial charge in [0.15, 0.2) is 6.61 Å². The summed E-state index contributed by atoms with van der Waals surface area (Å²) in [5.74, 6) is 0.595. The van der Waals surface area contributed by atoms with E-state index in [9.17, 15) is 9.59 Å². The molecule has 1 amide bonds. The highest BCUT2D eigenvalue weighted by molar-refractivity contribution is 5.68. The number of amides is 1. The third-order valence-corrected chi connectivity index (χ3v) is 3.56. The second-order valence-electron chi connectivity index (χ2n) is 5.08. The molecule has 132 valence electrons. The number of carbonyl (C=O) groups is 2. The van der Waals surface area contributed by atoms with E-state index in [1.807, 2.05) is 6.07 Å². The Hall–Kier alpha value is -3.22. The van der Waals surface area contributed by atoms with E-state index in [1.165, 1.54) is 0 Å². The summed E-state index contributed by atoms with van der Waals surface area (Å²) < 4.78 is 15.7. The van der Waals surface area contributed by atoms with Gasteiger partial charge in [-0.3, -0.25) is 4.79 Å². The minimum Gasteiger partial charge on any atom is -0.497 e. The fraction of sp³-hybridized carbons (Fsp3) is 0.222. The fourth-order valence-electron chi connectivity index (χ4n) is 2.39. The first-order chi connectivity index (χ1) is 12.1. The summed E-state index contributed by atoms with van der Waals surface area (Å²) >= 11 is 0. The van der Waals surface area contributed by atoms with Crippen LogP contribution in [-0.2, 0) is 9.59 Å². The van der Waals surface area contributed by atoms with Gasteiger partial charge in [0.05, 0.1) is 20.3 Å². The zero-order valence-corrected chi connectivity index (χ0v) is 13.9. The molecule has 2 aromatic rings. The molecular weight excluding hydrogens is 326 g/mol. The molecule has 2 N–H and O–H groups in total. The number of rotatable bonds is 9. The molecule has 0 aromatic heterocycles. The average Bonchev–Trinajstić information content (AvgIpc) is 2.64. The van der Waals surface area contributed by atoms with E-state index in [0.717, 1.165) is 11.1 Å². The Kier molecular flexibility index (Phi) is 6.22. The molecule has 2 aromatic carbocycles. The summed E-state index contributed by atoms with van der Waals surface area (Å²) in [4.78, 5) is 21.6. The molecular formula is C18H19NO6. The van der Waals surface area contributed by atoms with E-state index >= 15 is 0 Å². The monoisotopic (exact) mass is 345 g/mol. The molecule has 0 saturated heterocycles. The Labute approximate surface area is 145 Å². The molecule has 0 saturated carbocycles. The third-order valence-electron chi connectivity index (χ3n) is 3.56. The second kappa shape index (κ2) is 8.58. The van der Waals surface area contributed by atoms with Gasteiger partial charge in [-0.25, -0.2) is 4.79 Å². The number of hydrogen-bond donors (Lipinski definition) is 2. The summed E-state index contributed by atoms with van der Waals surface area (Å²) in [5, 5.41) is 11.4. The molecule has 0 radical (unpaired) electrons. The summed E-state index contributed by atoms with van der Waals surface area (Å²) in [7, 11) is 3.10. The molecule has 7 nitrogen and oxygen atoms in total. The lowest BCUT2D eigenvalue weighted by Crippen LogP contribution is -2.21. The first-order valence-corrected chi connectivity index (χ1v) is 7.45. The Morgan fingerprint density at radius 3 is 2.36 bits per heavy atom. The van der Waals surface area contributed by atoms with Gasteiger partial charge in [0.2, 0.25) is 6.41 Å². The highest BCUT2D eigenvalue weighted by Crippen LogP contribution is 2.33. The molecule has 0 aliphatic rings. The van der Waals surface area contributed by atoms with Crippen molar-refractivity contribution >= 4 is 12.4 Å². The van der Waals surface area contributed by atoms with E-state index in [2.05, 4.69) is 5.32 Å². The van der Waals surface area contributed by atoms with Crippen LogP contribution in [0.5, 0.6) is 17.2 Å². The van der Waals surface area contributed by atoms with Crippen molar-refractivity contribution in [3.63, 3.8) is 0 Å². The van der Waals surface area contributed by atoms with Crippen LogP contribution in [-0.4, -0.2) is 38.3 Å². The quantitative estimate of drug-likeness (QED) is 0.675. The second-order valence-corrected chi connectivity index (χ2v) is 5.08. The van der Waals surface area contributed by atoms with Crippen LogP contribution >= 0.6 is 0 Å². The van der Waals surface area contributed by atoms with Crippen LogP contribution in [0.25, 0.3) is 0 Å². The highest BCUT2D eigenvalue weighted by Gasteiger charge is 2.18. The Balaban J connectivity index is 2.31. The van der Waals surface area contributed by atoms with E-state index < -0.39 is 18.6 Å². The van der Waals surface area contributed by atoms with E-state index in [1.54, 1.807) is 50.6 Å². The predicted octanol–water partition coefficient (Wildman–Crippen LogP) is 2.00. The first kappa shape index (κ1) is 18.1. The van der Waals surface area contributed by atoms with Crippen molar-refractivity contribution in [1.82, 2.24) is 5.32 Å². The van der Waals surface area contributed by atoms with E-state index in [0.29, 0.717) is 23.7 Å². The van der Waals surface area contributed by atoms with Crippen molar-refractivity contribution < 1.29 is 28.9 Å². The number of ether oxygens (including phenoxy) is 3. The average molecular weight is 345 g/mol. The number of carbonyl (C=O) groups excluding carboxylic acids is 1. The van der Waals surface area contributed by atoms with Gasteiger partial charge in [0, 0.05) is 11.6 Å². The summed E-state index contributed by atoms with van der Waals surface area (Å²) in [6, 6.07) is 11.7. The number of aliphatic carboxylic acids is 1. The lowest BCUT2D eigenvalue weighted by atomic mass is 9.97. The fourth-order valence-corrected chi connectivity index (χ4v) is 2.39. The van der Waals surface area contributed by atoms with Gasteiger partial charge in [-0.15, -0.1) is 0 Å². The number of carboxylic acids is 1. The van der Waals surface area contributed by atoms with Crippen molar-refractivity contribution in [3.8, 4) is 17.2 Å². The van der Waals surface area contributed by atoms with Gasteiger partial charge in [0.1, 0.15) is 17.2 Å². The molecule has 0 aliphatic carbocycles. The summed E-state index contributed by atoms with van der Waals surface area (Å²) in [5.41, 5.74) is 1.55. The smallest absolute Gasteiger partial charge is 0.341 e. The van der Waals surface area contributed by atoms with Crippen LogP contribution in [0.15, 0.2) is 42.5 Å². The van der Waals surface area contributed by atoms with Crippen LogP contribution in [0, 0.1) is 0 Å². The summed E-state index contributed by atoms with van der Waals surface area (Å²) in [6.45, 7) is -0.415. The van der Waals surface area contributed by atoms with Crippen molar-refractivity contribution in [1.29, 1.82) is 0 Å². The zero-order chi connectivity index (χ0) is 18.2. The van der Waals surface area contributed by atoms with Gasteiger partial charge in [0.25, 0.3) is 0 Å². The molecule has 25 heavy (non-hydrogen) atoms. The minimum absolute atomic E-state index is 0.415. The first-order valence-electron chi connectivity index (χ1n) is 7.45. The van der Waals surface area contributed by atoms with Gasteiger partial charge >= 0.3 is 5.97 Å². The molecule has 0 heterocycles. The Morgan fingerprint density at radius 1 is 1.12 bits per heavy atom. The van der Waals surface area contributed by atoms with Crippen LogP contribution in [0.1, 0.15) is 17.2 Å². The molecule has 1 atom stereocenters. The van der Waals surface area contributed by atoms with Gasteiger partial charge in [-0.2, -0.15) is 0 Å². The summed E-state index contributed by atoms with van der Waals surface area (Å²) in [6.07, 6.45) is 0.614. The lowest BCUT2D eigenvalue weighted by molar-refractivity contribution is -0.139. The number of methoxy groups -OCH3 is 2. The minimum atomic E-state index is -1.05. The molecule has 0 aliphatic heterocycles. The van der Waals surface area contributed by atoms with Crippen LogP contribution < -0.4 is 19.5 Å². The van der Waals surface area contributed by atoms with Crippen molar-refractivity contribution in [2.45, 2.75) is 6.04 Å². The van der Waals surface area contributed by atoms with Crippen LogP contribution in [0.3, 0.4) is 0 Å². The molecule has 7 heteroatoms. The number of nitrogens with one attached hydrogen (secondary N) is 1. The van der Waals surface area contributed by atoms with E-state index in [4.69, 9.17) is 19.3 Å². The highest BCUT2D eigenvalue weighted by atomic mass is 16.5.